The molecule has 3 heteroatoms. The van der Waals surface area contributed by atoms with Crippen molar-refractivity contribution in [3.63, 3.8) is 0 Å². The standard InChI is InChI=1S/C39H70O3/c1-4-5-6-7-8-9-10-11-12-13-14-15-16-17-18-19-20-21-22-23-24-25-26-27-28-29-30-31-32-33-36-34-37(41-2)39(40)38(35-36)42-3/h11-12,34-35,40H,4-10,13-33H2,1-3H3. The predicted octanol–water partition coefficient (Wildman–Crippen LogP) is 13.1. The Bertz CT molecular complexity index is 716. The number of allylic oxidation sites excluding steroid dienone is 2. The van der Waals surface area contributed by atoms with Crippen LogP contribution in [0, 0.1) is 0 Å². The highest BCUT2D eigenvalue weighted by Crippen LogP contribution is 2.37. The van der Waals surface area contributed by atoms with Gasteiger partial charge in [-0.3, -0.25) is 0 Å². The van der Waals surface area contributed by atoms with Crippen molar-refractivity contribution in [3.05, 3.63) is 29.8 Å². The highest BCUT2D eigenvalue weighted by atomic mass is 16.5. The van der Waals surface area contributed by atoms with Crippen LogP contribution in [-0.2, 0) is 6.42 Å². The van der Waals surface area contributed by atoms with Crippen LogP contribution >= 0.6 is 0 Å². The predicted molar refractivity (Wildman–Crippen MR) is 184 cm³/mol. The van der Waals surface area contributed by atoms with Crippen molar-refractivity contribution in [3.8, 4) is 17.2 Å². The van der Waals surface area contributed by atoms with Gasteiger partial charge in [0.1, 0.15) is 0 Å². The maximum atomic E-state index is 10.0. The lowest BCUT2D eigenvalue weighted by Gasteiger charge is -2.11. The molecule has 0 radical (unpaired) electrons. The van der Waals surface area contributed by atoms with Crippen LogP contribution in [0.1, 0.15) is 186 Å². The quantitative estimate of drug-likeness (QED) is 0.0694. The number of phenols is 1. The lowest BCUT2D eigenvalue weighted by Crippen LogP contribution is -1.93. The van der Waals surface area contributed by atoms with Crippen LogP contribution in [0.25, 0.3) is 0 Å². The molecule has 0 aliphatic heterocycles. The van der Waals surface area contributed by atoms with Gasteiger partial charge in [0.15, 0.2) is 11.5 Å². The number of methoxy groups -OCH3 is 2. The van der Waals surface area contributed by atoms with E-state index in [1.807, 2.05) is 12.1 Å². The zero-order chi connectivity index (χ0) is 30.4. The van der Waals surface area contributed by atoms with Gasteiger partial charge in [0.05, 0.1) is 14.2 Å². The van der Waals surface area contributed by atoms with Gasteiger partial charge in [-0.15, -0.1) is 0 Å². The van der Waals surface area contributed by atoms with Gasteiger partial charge in [0.25, 0.3) is 0 Å². The third kappa shape index (κ3) is 22.0. The molecule has 1 rings (SSSR count). The molecule has 0 spiro atoms. The Kier molecular flexibility index (Phi) is 26.9. The summed E-state index contributed by atoms with van der Waals surface area (Å²) in [5.74, 6) is 1.09. The molecule has 0 atom stereocenters. The van der Waals surface area contributed by atoms with Crippen LogP contribution in [0.2, 0.25) is 0 Å². The molecule has 0 bridgehead atoms. The van der Waals surface area contributed by atoms with Gasteiger partial charge >= 0.3 is 0 Å². The summed E-state index contributed by atoms with van der Waals surface area (Å²) in [6.07, 6.45) is 43.5. The summed E-state index contributed by atoms with van der Waals surface area (Å²) < 4.78 is 10.5. The number of ether oxygens (including phenoxy) is 2. The van der Waals surface area contributed by atoms with E-state index in [4.69, 9.17) is 9.47 Å². The smallest absolute Gasteiger partial charge is 0.200 e. The third-order valence-corrected chi connectivity index (χ3v) is 8.77. The molecular weight excluding hydrogens is 516 g/mol. The van der Waals surface area contributed by atoms with Gasteiger partial charge in [-0.05, 0) is 56.2 Å². The summed E-state index contributed by atoms with van der Waals surface area (Å²) in [5.41, 5.74) is 1.17. The maximum absolute atomic E-state index is 10.0. The van der Waals surface area contributed by atoms with E-state index in [-0.39, 0.29) is 5.75 Å². The fourth-order valence-corrected chi connectivity index (χ4v) is 5.97. The molecule has 0 amide bonds. The Balaban J connectivity index is 1.76. The SMILES string of the molecule is CCCCCCCCC=CCCCCCCCCCCCCCCCCCCCCCc1cc(OC)c(O)c(OC)c1. The van der Waals surface area contributed by atoms with E-state index in [1.165, 1.54) is 179 Å². The van der Waals surface area contributed by atoms with Crippen LogP contribution in [0.3, 0.4) is 0 Å². The second-order valence-electron chi connectivity index (χ2n) is 12.6. The minimum atomic E-state index is 0.0905. The summed E-state index contributed by atoms with van der Waals surface area (Å²) in [5, 5.41) is 10.0. The van der Waals surface area contributed by atoms with Gasteiger partial charge < -0.3 is 14.6 Å². The Labute approximate surface area is 262 Å². The number of aryl methyl sites for hydroxylation is 1. The largest absolute Gasteiger partial charge is 0.502 e. The average molecular weight is 587 g/mol. The molecule has 0 aromatic heterocycles. The van der Waals surface area contributed by atoms with E-state index in [0.29, 0.717) is 11.5 Å². The highest BCUT2D eigenvalue weighted by molar-refractivity contribution is 5.52. The average Bonchev–Trinajstić information content (AvgIpc) is 3.00. The fraction of sp³-hybridized carbons (Fsp3) is 0.795. The second-order valence-corrected chi connectivity index (χ2v) is 12.6. The summed E-state index contributed by atoms with van der Waals surface area (Å²) in [6.45, 7) is 2.29. The molecule has 1 aromatic carbocycles. The molecule has 0 saturated heterocycles. The Hall–Kier alpha value is -1.64. The lowest BCUT2D eigenvalue weighted by atomic mass is 10.0. The van der Waals surface area contributed by atoms with Crippen molar-refractivity contribution in [2.75, 3.05) is 14.2 Å². The molecule has 1 aromatic rings. The first-order valence-corrected chi connectivity index (χ1v) is 18.3. The maximum Gasteiger partial charge on any atom is 0.200 e. The Morgan fingerprint density at radius 2 is 0.786 bits per heavy atom. The summed E-state index contributed by atoms with van der Waals surface area (Å²) >= 11 is 0. The van der Waals surface area contributed by atoms with Crippen LogP contribution in [0.15, 0.2) is 24.3 Å². The van der Waals surface area contributed by atoms with Gasteiger partial charge in [-0.25, -0.2) is 0 Å². The molecule has 0 unspecified atom stereocenters. The van der Waals surface area contributed by atoms with Crippen LogP contribution in [-0.4, -0.2) is 19.3 Å². The summed E-state index contributed by atoms with van der Waals surface area (Å²) in [7, 11) is 3.17. The van der Waals surface area contributed by atoms with Crippen LogP contribution in [0.4, 0.5) is 0 Å². The van der Waals surface area contributed by atoms with Gasteiger partial charge in [0.2, 0.25) is 5.75 Å². The first-order chi connectivity index (χ1) is 20.7. The zero-order valence-corrected chi connectivity index (χ0v) is 28.4. The summed E-state index contributed by atoms with van der Waals surface area (Å²) in [4.78, 5) is 0. The number of hydrogen-bond acceptors (Lipinski definition) is 3. The number of unbranched alkanes of at least 4 members (excludes halogenated alkanes) is 25. The van der Waals surface area contributed by atoms with Gasteiger partial charge in [-0.1, -0.05) is 160 Å². The van der Waals surface area contributed by atoms with Crippen LogP contribution < -0.4 is 9.47 Å². The zero-order valence-electron chi connectivity index (χ0n) is 28.4. The number of phenolic OH excluding ortho intramolecular Hbond substituents is 1. The van der Waals surface area contributed by atoms with E-state index in [1.54, 1.807) is 14.2 Å². The minimum absolute atomic E-state index is 0.0905. The molecule has 0 aliphatic rings. The first kappa shape index (κ1) is 38.4. The first-order valence-electron chi connectivity index (χ1n) is 18.3. The fourth-order valence-electron chi connectivity index (χ4n) is 5.97. The van der Waals surface area contributed by atoms with Gasteiger partial charge in [-0.2, -0.15) is 0 Å². The molecule has 0 aliphatic carbocycles. The topological polar surface area (TPSA) is 38.7 Å². The lowest BCUT2D eigenvalue weighted by molar-refractivity contribution is 0.339. The Morgan fingerprint density at radius 3 is 1.12 bits per heavy atom. The van der Waals surface area contributed by atoms with E-state index in [2.05, 4.69) is 19.1 Å². The monoisotopic (exact) mass is 587 g/mol. The normalized spacial score (nSPS) is 11.5. The van der Waals surface area contributed by atoms with E-state index < -0.39 is 0 Å². The van der Waals surface area contributed by atoms with Crippen LogP contribution in [0.5, 0.6) is 17.2 Å². The van der Waals surface area contributed by atoms with Crippen molar-refractivity contribution in [2.24, 2.45) is 0 Å². The Morgan fingerprint density at radius 1 is 0.476 bits per heavy atom. The van der Waals surface area contributed by atoms with Crippen molar-refractivity contribution in [1.82, 2.24) is 0 Å². The van der Waals surface area contributed by atoms with E-state index in [9.17, 15) is 5.11 Å². The van der Waals surface area contributed by atoms with Crippen molar-refractivity contribution >= 4 is 0 Å². The minimum Gasteiger partial charge on any atom is -0.502 e. The van der Waals surface area contributed by atoms with Crippen molar-refractivity contribution in [2.45, 2.75) is 187 Å². The third-order valence-electron chi connectivity index (χ3n) is 8.77. The molecule has 42 heavy (non-hydrogen) atoms. The summed E-state index contributed by atoms with van der Waals surface area (Å²) in [6, 6.07) is 3.86. The second kappa shape index (κ2) is 29.4. The van der Waals surface area contributed by atoms with Crippen molar-refractivity contribution < 1.29 is 14.6 Å². The molecule has 0 fully saturated rings. The molecule has 3 nitrogen and oxygen atoms in total. The number of aromatic hydroxyl groups is 1. The molecular formula is C39H70O3. The molecule has 0 heterocycles. The molecule has 244 valence electrons. The number of hydrogen-bond donors (Lipinski definition) is 1. The van der Waals surface area contributed by atoms with E-state index in [0.717, 1.165) is 6.42 Å². The molecule has 0 saturated carbocycles. The number of benzene rings is 1. The number of rotatable bonds is 31. The van der Waals surface area contributed by atoms with Gasteiger partial charge in [0, 0.05) is 0 Å². The highest BCUT2D eigenvalue weighted by Gasteiger charge is 2.10. The van der Waals surface area contributed by atoms with E-state index >= 15 is 0 Å². The van der Waals surface area contributed by atoms with Crippen molar-refractivity contribution in [1.29, 1.82) is 0 Å². The molecule has 1 N–H and O–H groups in total.